The van der Waals surface area contributed by atoms with Gasteiger partial charge in [-0.15, -0.1) is 0 Å². The lowest BCUT2D eigenvalue weighted by Crippen LogP contribution is -2.38. The summed E-state index contributed by atoms with van der Waals surface area (Å²) in [6.45, 7) is 2.93. The van der Waals surface area contributed by atoms with Crippen LogP contribution in [0.5, 0.6) is 0 Å². The number of pyridine rings is 1. The summed E-state index contributed by atoms with van der Waals surface area (Å²) in [6.07, 6.45) is 0. The van der Waals surface area contributed by atoms with Crippen molar-refractivity contribution in [3.63, 3.8) is 0 Å². The Hall–Kier alpha value is -2.48. The Morgan fingerprint density at radius 2 is 1.96 bits per heavy atom. The van der Waals surface area contributed by atoms with Crippen molar-refractivity contribution in [2.24, 2.45) is 14.1 Å². The van der Waals surface area contributed by atoms with E-state index in [2.05, 4.69) is 10.3 Å². The van der Waals surface area contributed by atoms with Crippen LogP contribution in [0.1, 0.15) is 16.1 Å². The normalized spacial score (nSPS) is 11.0. The summed E-state index contributed by atoms with van der Waals surface area (Å²) in [5.74, 6) is -0.252. The van der Waals surface area contributed by atoms with Crippen LogP contribution in [0.2, 0.25) is 0 Å². The standard InChI is InChI=1S/C15H21N5O3/c1-9-8-10(13(21)18(3)7-6-16-2)17-12-11(9)14(22)20(5)15(23)19(12)4/h8,16H,6-7H2,1-5H3. The highest BCUT2D eigenvalue weighted by Gasteiger charge is 2.18. The Kier molecular flexibility index (Phi) is 4.65. The number of nitrogens with one attached hydrogen (secondary N) is 1. The molecule has 0 fully saturated rings. The van der Waals surface area contributed by atoms with Crippen LogP contribution in [0.25, 0.3) is 11.0 Å². The Balaban J connectivity index is 2.65. The van der Waals surface area contributed by atoms with Crippen molar-refractivity contribution in [2.75, 3.05) is 27.2 Å². The molecule has 1 N–H and O–H groups in total. The number of rotatable bonds is 4. The maximum absolute atomic E-state index is 12.5. The fourth-order valence-electron chi connectivity index (χ4n) is 2.42. The van der Waals surface area contributed by atoms with Crippen molar-refractivity contribution in [3.05, 3.63) is 38.2 Å². The molecule has 0 aliphatic rings. The zero-order chi connectivity index (χ0) is 17.3. The largest absolute Gasteiger partial charge is 0.339 e. The van der Waals surface area contributed by atoms with Gasteiger partial charge in [0, 0.05) is 34.2 Å². The van der Waals surface area contributed by atoms with Gasteiger partial charge in [0.1, 0.15) is 11.3 Å². The molecule has 0 saturated heterocycles. The van der Waals surface area contributed by atoms with Gasteiger partial charge < -0.3 is 10.2 Å². The van der Waals surface area contributed by atoms with Crippen molar-refractivity contribution < 1.29 is 4.79 Å². The molecule has 2 rings (SSSR count). The van der Waals surface area contributed by atoms with Crippen molar-refractivity contribution in [1.82, 2.24) is 24.3 Å². The SMILES string of the molecule is CNCCN(C)C(=O)c1cc(C)c2c(=O)n(C)c(=O)n(C)c2n1. The molecule has 0 aliphatic heterocycles. The van der Waals surface area contributed by atoms with Gasteiger partial charge >= 0.3 is 5.69 Å². The molecule has 2 aromatic rings. The van der Waals surface area contributed by atoms with Crippen molar-refractivity contribution in [2.45, 2.75) is 6.92 Å². The highest BCUT2D eigenvalue weighted by Crippen LogP contribution is 2.13. The minimum absolute atomic E-state index is 0.219. The predicted molar refractivity (Wildman–Crippen MR) is 87.8 cm³/mol. The minimum Gasteiger partial charge on any atom is -0.339 e. The number of hydrogen-bond donors (Lipinski definition) is 1. The van der Waals surface area contributed by atoms with Gasteiger partial charge in [-0.05, 0) is 25.6 Å². The van der Waals surface area contributed by atoms with Crippen LogP contribution < -0.4 is 16.6 Å². The van der Waals surface area contributed by atoms with Gasteiger partial charge in [-0.2, -0.15) is 0 Å². The molecule has 23 heavy (non-hydrogen) atoms. The molecular formula is C15H21N5O3. The second-order valence-electron chi connectivity index (χ2n) is 5.56. The summed E-state index contributed by atoms with van der Waals surface area (Å²) in [5, 5.41) is 3.32. The molecule has 0 aromatic carbocycles. The number of aryl methyl sites for hydroxylation is 2. The lowest BCUT2D eigenvalue weighted by Gasteiger charge is -2.17. The number of likely N-dealkylation sites (N-methyl/N-ethyl adjacent to an activating group) is 2. The first kappa shape index (κ1) is 16.9. The first-order chi connectivity index (χ1) is 10.8. The predicted octanol–water partition coefficient (Wildman–Crippen LogP) is -0.768. The van der Waals surface area contributed by atoms with Crippen LogP contribution in [0.4, 0.5) is 0 Å². The molecule has 2 heterocycles. The summed E-state index contributed by atoms with van der Waals surface area (Å²) in [7, 11) is 6.45. The van der Waals surface area contributed by atoms with E-state index in [0.717, 1.165) is 4.57 Å². The van der Waals surface area contributed by atoms with E-state index < -0.39 is 11.2 Å². The number of hydrogen-bond acceptors (Lipinski definition) is 5. The van der Waals surface area contributed by atoms with E-state index >= 15 is 0 Å². The lowest BCUT2D eigenvalue weighted by molar-refractivity contribution is 0.0791. The third kappa shape index (κ3) is 2.89. The van der Waals surface area contributed by atoms with Crippen LogP contribution in [-0.2, 0) is 14.1 Å². The molecule has 0 spiro atoms. The van der Waals surface area contributed by atoms with Gasteiger partial charge in [0.15, 0.2) is 0 Å². The third-order valence-corrected chi connectivity index (χ3v) is 3.87. The van der Waals surface area contributed by atoms with E-state index in [1.54, 1.807) is 24.9 Å². The summed E-state index contributed by atoms with van der Waals surface area (Å²) < 4.78 is 2.33. The van der Waals surface area contributed by atoms with Gasteiger partial charge in [-0.3, -0.25) is 18.7 Å². The van der Waals surface area contributed by atoms with Crippen LogP contribution in [0.15, 0.2) is 15.7 Å². The number of amides is 1. The average molecular weight is 319 g/mol. The first-order valence-corrected chi connectivity index (χ1v) is 7.27. The smallest absolute Gasteiger partial charge is 0.332 e. The number of nitrogens with zero attached hydrogens (tertiary/aromatic N) is 4. The van der Waals surface area contributed by atoms with Crippen molar-refractivity contribution in [1.29, 1.82) is 0 Å². The highest BCUT2D eigenvalue weighted by atomic mass is 16.2. The van der Waals surface area contributed by atoms with E-state index in [9.17, 15) is 14.4 Å². The zero-order valence-electron chi connectivity index (χ0n) is 14.0. The summed E-state index contributed by atoms with van der Waals surface area (Å²) in [4.78, 5) is 42.6. The minimum atomic E-state index is -0.470. The van der Waals surface area contributed by atoms with Crippen LogP contribution in [0, 0.1) is 6.92 Å². The van der Waals surface area contributed by atoms with Gasteiger partial charge in [0.05, 0.1) is 5.39 Å². The van der Waals surface area contributed by atoms with E-state index in [1.165, 1.54) is 18.7 Å². The lowest BCUT2D eigenvalue weighted by atomic mass is 10.1. The van der Waals surface area contributed by atoms with Gasteiger partial charge in [-0.1, -0.05) is 0 Å². The van der Waals surface area contributed by atoms with Gasteiger partial charge in [0.2, 0.25) is 0 Å². The fourth-order valence-corrected chi connectivity index (χ4v) is 2.42. The number of carbonyl (C=O) groups excluding carboxylic acids is 1. The quantitative estimate of drug-likeness (QED) is 0.799. The maximum atomic E-state index is 12.5. The molecule has 124 valence electrons. The topological polar surface area (TPSA) is 89.2 Å². The molecule has 0 saturated carbocycles. The zero-order valence-corrected chi connectivity index (χ0v) is 14.0. The molecule has 0 aliphatic carbocycles. The molecule has 0 unspecified atom stereocenters. The molecular weight excluding hydrogens is 298 g/mol. The Morgan fingerprint density at radius 3 is 2.57 bits per heavy atom. The summed E-state index contributed by atoms with van der Waals surface area (Å²) in [5.41, 5.74) is 0.190. The van der Waals surface area contributed by atoms with E-state index in [-0.39, 0.29) is 17.2 Å². The van der Waals surface area contributed by atoms with Crippen molar-refractivity contribution >= 4 is 16.9 Å². The molecule has 0 atom stereocenters. The summed E-state index contributed by atoms with van der Waals surface area (Å²) in [6, 6.07) is 1.59. The number of aromatic nitrogens is 3. The number of fused-ring (bicyclic) bond motifs is 1. The van der Waals surface area contributed by atoms with E-state index in [1.807, 2.05) is 7.05 Å². The molecule has 0 bridgehead atoms. The first-order valence-electron chi connectivity index (χ1n) is 7.27. The van der Waals surface area contributed by atoms with Crippen LogP contribution in [0.3, 0.4) is 0 Å². The fraction of sp³-hybridized carbons (Fsp3) is 0.467. The molecule has 8 heteroatoms. The maximum Gasteiger partial charge on any atom is 0.332 e. The third-order valence-electron chi connectivity index (χ3n) is 3.87. The molecule has 0 radical (unpaired) electrons. The Morgan fingerprint density at radius 1 is 1.30 bits per heavy atom. The average Bonchev–Trinajstić information content (AvgIpc) is 2.54. The van der Waals surface area contributed by atoms with Gasteiger partial charge in [0.25, 0.3) is 11.5 Å². The molecule has 8 nitrogen and oxygen atoms in total. The molecule has 2 aromatic heterocycles. The Bertz CT molecular complexity index is 881. The van der Waals surface area contributed by atoms with Crippen molar-refractivity contribution in [3.8, 4) is 0 Å². The second kappa shape index (κ2) is 6.33. The molecule has 1 amide bonds. The second-order valence-corrected chi connectivity index (χ2v) is 5.56. The number of carbonyl (C=O) groups is 1. The monoisotopic (exact) mass is 319 g/mol. The van der Waals surface area contributed by atoms with Crippen LogP contribution >= 0.6 is 0 Å². The Labute approximate surface area is 133 Å². The van der Waals surface area contributed by atoms with Crippen LogP contribution in [-0.4, -0.2) is 52.1 Å². The summed E-state index contributed by atoms with van der Waals surface area (Å²) >= 11 is 0. The highest BCUT2D eigenvalue weighted by molar-refractivity contribution is 5.95. The van der Waals surface area contributed by atoms with Gasteiger partial charge in [-0.25, -0.2) is 9.78 Å². The van der Waals surface area contributed by atoms with E-state index in [4.69, 9.17) is 0 Å². The van der Waals surface area contributed by atoms with E-state index in [0.29, 0.717) is 24.0 Å².